The molecule has 1 saturated carbocycles. The molecule has 0 spiro atoms. The first kappa shape index (κ1) is 19.5. The second-order valence-electron chi connectivity index (χ2n) is 6.63. The summed E-state index contributed by atoms with van der Waals surface area (Å²) in [6, 6.07) is 12.4. The summed E-state index contributed by atoms with van der Waals surface area (Å²) in [7, 11) is 4.96. The average Bonchev–Trinajstić information content (AvgIpc) is 3.51. The van der Waals surface area contributed by atoms with Crippen molar-refractivity contribution in [3.05, 3.63) is 48.0 Å². The molecule has 0 aromatic heterocycles. The van der Waals surface area contributed by atoms with Crippen LogP contribution in [0.1, 0.15) is 17.9 Å². The van der Waals surface area contributed by atoms with Crippen molar-refractivity contribution in [3.8, 4) is 17.2 Å². The SMILES string of the molecule is COc1ccc(OC)c(C2CC2C(=O)N(C)c2ccc(OCC(=O)O)cc2)c1. The van der Waals surface area contributed by atoms with Crippen molar-refractivity contribution in [2.45, 2.75) is 12.3 Å². The van der Waals surface area contributed by atoms with Gasteiger partial charge in [0.05, 0.1) is 14.2 Å². The highest BCUT2D eigenvalue weighted by Gasteiger charge is 2.46. The van der Waals surface area contributed by atoms with E-state index in [1.165, 1.54) is 0 Å². The number of benzene rings is 2. The number of carbonyl (C=O) groups is 2. The fraction of sp³-hybridized carbons (Fsp3) is 0.333. The van der Waals surface area contributed by atoms with Crippen LogP contribution < -0.4 is 19.1 Å². The van der Waals surface area contributed by atoms with Crippen LogP contribution in [-0.4, -0.2) is 44.9 Å². The molecule has 0 radical (unpaired) electrons. The standard InChI is InChI=1S/C21H23NO6/c1-22(13-4-6-14(7-5-13)28-12-20(23)24)21(25)18-11-16(18)17-10-15(26-2)8-9-19(17)27-3/h4-10,16,18H,11-12H2,1-3H3,(H,23,24). The van der Waals surface area contributed by atoms with Gasteiger partial charge >= 0.3 is 5.97 Å². The van der Waals surface area contributed by atoms with E-state index in [-0.39, 0.29) is 17.7 Å². The van der Waals surface area contributed by atoms with E-state index in [0.29, 0.717) is 5.75 Å². The Balaban J connectivity index is 1.68. The molecular formula is C21H23NO6. The third-order valence-corrected chi connectivity index (χ3v) is 4.86. The lowest BCUT2D eigenvalue weighted by molar-refractivity contribution is -0.139. The Morgan fingerprint density at radius 1 is 1.07 bits per heavy atom. The maximum Gasteiger partial charge on any atom is 0.341 e. The van der Waals surface area contributed by atoms with Gasteiger partial charge in [-0.15, -0.1) is 0 Å². The van der Waals surface area contributed by atoms with Crippen molar-refractivity contribution in [2.24, 2.45) is 5.92 Å². The zero-order valence-electron chi connectivity index (χ0n) is 16.0. The molecule has 0 heterocycles. The number of hydrogen-bond donors (Lipinski definition) is 1. The molecule has 0 aliphatic heterocycles. The van der Waals surface area contributed by atoms with Gasteiger partial charge in [0.1, 0.15) is 17.2 Å². The quantitative estimate of drug-likeness (QED) is 0.752. The fourth-order valence-electron chi connectivity index (χ4n) is 3.23. The van der Waals surface area contributed by atoms with Crippen LogP contribution in [0.25, 0.3) is 0 Å². The molecular weight excluding hydrogens is 362 g/mol. The number of hydrogen-bond acceptors (Lipinski definition) is 5. The number of amides is 1. The van der Waals surface area contributed by atoms with Crippen LogP contribution in [0, 0.1) is 5.92 Å². The van der Waals surface area contributed by atoms with Crippen molar-refractivity contribution < 1.29 is 28.9 Å². The number of nitrogens with zero attached hydrogens (tertiary/aromatic N) is 1. The maximum absolute atomic E-state index is 12.9. The third-order valence-electron chi connectivity index (χ3n) is 4.86. The van der Waals surface area contributed by atoms with Crippen LogP contribution in [-0.2, 0) is 9.59 Å². The summed E-state index contributed by atoms with van der Waals surface area (Å²) in [4.78, 5) is 25.1. The molecule has 7 nitrogen and oxygen atoms in total. The van der Waals surface area contributed by atoms with E-state index < -0.39 is 12.6 Å². The third kappa shape index (κ3) is 4.19. The normalized spacial score (nSPS) is 17.5. The van der Waals surface area contributed by atoms with Crippen molar-refractivity contribution in [2.75, 3.05) is 32.8 Å². The second-order valence-corrected chi connectivity index (χ2v) is 6.63. The second kappa shape index (κ2) is 8.21. The highest BCUT2D eigenvalue weighted by molar-refractivity contribution is 5.97. The first-order chi connectivity index (χ1) is 13.4. The van der Waals surface area contributed by atoms with Gasteiger partial charge in [0, 0.05) is 30.1 Å². The first-order valence-corrected chi connectivity index (χ1v) is 8.88. The van der Waals surface area contributed by atoms with E-state index in [0.717, 1.165) is 29.2 Å². The monoisotopic (exact) mass is 385 g/mol. The van der Waals surface area contributed by atoms with Crippen molar-refractivity contribution in [1.29, 1.82) is 0 Å². The minimum Gasteiger partial charge on any atom is -0.497 e. The van der Waals surface area contributed by atoms with Gasteiger partial charge in [-0.2, -0.15) is 0 Å². The van der Waals surface area contributed by atoms with Gasteiger partial charge < -0.3 is 24.2 Å². The Hall–Kier alpha value is -3.22. The van der Waals surface area contributed by atoms with Gasteiger partial charge in [-0.25, -0.2) is 4.79 Å². The number of rotatable bonds is 8. The molecule has 1 aliphatic carbocycles. The Labute approximate surface area is 163 Å². The van der Waals surface area contributed by atoms with Crippen LogP contribution in [0.15, 0.2) is 42.5 Å². The molecule has 0 saturated heterocycles. The summed E-state index contributed by atoms with van der Waals surface area (Å²) < 4.78 is 15.8. The van der Waals surface area contributed by atoms with Crippen LogP contribution in [0.4, 0.5) is 5.69 Å². The van der Waals surface area contributed by atoms with Crippen LogP contribution in [0.5, 0.6) is 17.2 Å². The summed E-state index contributed by atoms with van der Waals surface area (Å²) in [6.07, 6.45) is 0.756. The molecule has 2 aromatic carbocycles. The summed E-state index contributed by atoms with van der Waals surface area (Å²) >= 11 is 0. The summed E-state index contributed by atoms with van der Waals surface area (Å²) in [5.74, 6) is 0.894. The molecule has 28 heavy (non-hydrogen) atoms. The molecule has 7 heteroatoms. The van der Waals surface area contributed by atoms with Crippen LogP contribution >= 0.6 is 0 Å². The Kier molecular flexibility index (Phi) is 5.73. The molecule has 1 fully saturated rings. The minimum absolute atomic E-state index is 0.0223. The van der Waals surface area contributed by atoms with E-state index in [4.69, 9.17) is 19.3 Å². The van der Waals surface area contributed by atoms with E-state index in [1.54, 1.807) is 50.4 Å². The fourth-order valence-corrected chi connectivity index (χ4v) is 3.23. The molecule has 1 N–H and O–H groups in total. The largest absolute Gasteiger partial charge is 0.497 e. The lowest BCUT2D eigenvalue weighted by atomic mass is 10.1. The first-order valence-electron chi connectivity index (χ1n) is 8.88. The van der Waals surface area contributed by atoms with Gasteiger partial charge in [0.15, 0.2) is 6.61 Å². The van der Waals surface area contributed by atoms with Crippen molar-refractivity contribution in [1.82, 2.24) is 0 Å². The van der Waals surface area contributed by atoms with Gasteiger partial charge in [-0.1, -0.05) is 0 Å². The Bertz CT molecular complexity index is 864. The smallest absolute Gasteiger partial charge is 0.341 e. The Morgan fingerprint density at radius 3 is 2.36 bits per heavy atom. The molecule has 2 aromatic rings. The number of carbonyl (C=O) groups excluding carboxylic acids is 1. The predicted octanol–water partition coefficient (Wildman–Crippen LogP) is 2.93. The summed E-state index contributed by atoms with van der Waals surface area (Å²) in [5.41, 5.74) is 1.70. The molecule has 0 bridgehead atoms. The van der Waals surface area contributed by atoms with E-state index in [2.05, 4.69) is 0 Å². The van der Waals surface area contributed by atoms with Gasteiger partial charge in [0.2, 0.25) is 5.91 Å². The lowest BCUT2D eigenvalue weighted by Crippen LogP contribution is -2.28. The highest BCUT2D eigenvalue weighted by Crippen LogP contribution is 2.52. The zero-order chi connectivity index (χ0) is 20.3. The van der Waals surface area contributed by atoms with Crippen LogP contribution in [0.2, 0.25) is 0 Å². The lowest BCUT2D eigenvalue weighted by Gasteiger charge is -2.18. The molecule has 2 unspecified atom stereocenters. The molecule has 1 aliphatic rings. The van der Waals surface area contributed by atoms with Crippen molar-refractivity contribution in [3.63, 3.8) is 0 Å². The molecule has 2 atom stereocenters. The highest BCUT2D eigenvalue weighted by atomic mass is 16.5. The minimum atomic E-state index is -1.04. The summed E-state index contributed by atoms with van der Waals surface area (Å²) in [6.45, 7) is -0.403. The predicted molar refractivity (Wildman–Crippen MR) is 103 cm³/mol. The molecule has 3 rings (SSSR count). The van der Waals surface area contributed by atoms with Gasteiger partial charge in [-0.3, -0.25) is 4.79 Å². The zero-order valence-corrected chi connectivity index (χ0v) is 16.0. The van der Waals surface area contributed by atoms with E-state index >= 15 is 0 Å². The number of ether oxygens (including phenoxy) is 3. The number of methoxy groups -OCH3 is 2. The van der Waals surface area contributed by atoms with Gasteiger partial charge in [-0.05, 0) is 48.9 Å². The average molecular weight is 385 g/mol. The van der Waals surface area contributed by atoms with Crippen molar-refractivity contribution >= 4 is 17.6 Å². The van der Waals surface area contributed by atoms with E-state index in [9.17, 15) is 9.59 Å². The Morgan fingerprint density at radius 2 is 1.75 bits per heavy atom. The van der Waals surface area contributed by atoms with Crippen LogP contribution in [0.3, 0.4) is 0 Å². The molecule has 148 valence electrons. The van der Waals surface area contributed by atoms with E-state index in [1.807, 2.05) is 18.2 Å². The number of anilines is 1. The number of carboxylic acids is 1. The number of carboxylic acid groups (broad SMARTS) is 1. The maximum atomic E-state index is 12.9. The molecule has 1 amide bonds. The number of aliphatic carboxylic acids is 1. The summed E-state index contributed by atoms with van der Waals surface area (Å²) in [5, 5.41) is 8.65. The topological polar surface area (TPSA) is 85.3 Å². The van der Waals surface area contributed by atoms with Gasteiger partial charge in [0.25, 0.3) is 0 Å².